The summed E-state index contributed by atoms with van der Waals surface area (Å²) in [6.45, 7) is 3.27. The average Bonchev–Trinajstić information content (AvgIpc) is 3.32. The molecule has 1 aromatic carbocycles. The fourth-order valence-electron chi connectivity index (χ4n) is 2.40. The van der Waals surface area contributed by atoms with Gasteiger partial charge in [0.1, 0.15) is 0 Å². The van der Waals surface area contributed by atoms with Gasteiger partial charge >= 0.3 is 5.97 Å². The maximum absolute atomic E-state index is 12.1. The second kappa shape index (κ2) is 7.71. The Morgan fingerprint density at radius 3 is 2.59 bits per heavy atom. The van der Waals surface area contributed by atoms with Crippen molar-refractivity contribution in [3.05, 3.63) is 53.2 Å². The molecule has 2 N–H and O–H groups in total. The smallest absolute Gasteiger partial charge is 0.313 e. The second-order valence-corrected chi connectivity index (χ2v) is 7.49. The molecule has 0 unspecified atom stereocenters. The highest BCUT2D eigenvalue weighted by molar-refractivity contribution is 7.13. The van der Waals surface area contributed by atoms with Gasteiger partial charge in [-0.05, 0) is 43.0 Å². The van der Waals surface area contributed by atoms with Crippen molar-refractivity contribution in [3.63, 3.8) is 0 Å². The lowest BCUT2D eigenvalue weighted by atomic mass is 9.85. The molecule has 7 nitrogen and oxygen atoms in total. The molecule has 0 saturated carbocycles. The van der Waals surface area contributed by atoms with E-state index >= 15 is 0 Å². The molecule has 0 spiro atoms. The van der Waals surface area contributed by atoms with E-state index in [1.54, 1.807) is 38.1 Å². The van der Waals surface area contributed by atoms with E-state index < -0.39 is 11.4 Å². The third-order valence-corrected chi connectivity index (χ3v) is 5.07. The SMILES string of the molecule is CC(C)(C(=O)O)c1ccc(NC(=O)CCc2nc(-c3cccs3)no2)cc1. The van der Waals surface area contributed by atoms with Crippen LogP contribution in [-0.2, 0) is 21.4 Å². The number of nitrogens with zero attached hydrogens (tertiary/aromatic N) is 2. The average molecular weight is 385 g/mol. The van der Waals surface area contributed by atoms with Crippen LogP contribution in [0.1, 0.15) is 31.7 Å². The van der Waals surface area contributed by atoms with Gasteiger partial charge in [0.05, 0.1) is 10.3 Å². The van der Waals surface area contributed by atoms with Gasteiger partial charge in [0.15, 0.2) is 0 Å². The lowest BCUT2D eigenvalue weighted by molar-refractivity contribution is -0.142. The number of carbonyl (C=O) groups is 2. The van der Waals surface area contributed by atoms with Crippen molar-refractivity contribution in [2.75, 3.05) is 5.32 Å². The highest BCUT2D eigenvalue weighted by atomic mass is 32.1. The number of aromatic nitrogens is 2. The van der Waals surface area contributed by atoms with Crippen LogP contribution < -0.4 is 5.32 Å². The Bertz CT molecular complexity index is 930. The Morgan fingerprint density at radius 2 is 1.96 bits per heavy atom. The van der Waals surface area contributed by atoms with Crippen LogP contribution in [0.25, 0.3) is 10.7 Å². The van der Waals surface area contributed by atoms with Crippen molar-refractivity contribution in [1.29, 1.82) is 0 Å². The molecule has 1 amide bonds. The lowest BCUT2D eigenvalue weighted by Gasteiger charge is -2.19. The molecule has 0 aliphatic heterocycles. The first-order chi connectivity index (χ1) is 12.9. The molecule has 0 radical (unpaired) electrons. The maximum atomic E-state index is 12.1. The minimum atomic E-state index is -0.985. The Balaban J connectivity index is 1.54. The largest absolute Gasteiger partial charge is 0.481 e. The van der Waals surface area contributed by atoms with E-state index in [1.807, 2.05) is 17.5 Å². The van der Waals surface area contributed by atoms with Crippen molar-refractivity contribution < 1.29 is 19.2 Å². The molecule has 8 heteroatoms. The van der Waals surface area contributed by atoms with Gasteiger partial charge in [0.25, 0.3) is 0 Å². The zero-order valence-corrected chi connectivity index (χ0v) is 15.7. The monoisotopic (exact) mass is 385 g/mol. The molecule has 0 bridgehead atoms. The second-order valence-electron chi connectivity index (χ2n) is 6.54. The minimum absolute atomic E-state index is 0.184. The maximum Gasteiger partial charge on any atom is 0.313 e. The molecule has 27 heavy (non-hydrogen) atoms. The first kappa shape index (κ1) is 18.8. The number of benzene rings is 1. The van der Waals surface area contributed by atoms with Crippen LogP contribution in [0.5, 0.6) is 0 Å². The predicted molar refractivity (Wildman–Crippen MR) is 102 cm³/mol. The van der Waals surface area contributed by atoms with Crippen molar-refractivity contribution >= 4 is 28.9 Å². The Morgan fingerprint density at radius 1 is 1.22 bits per heavy atom. The van der Waals surface area contributed by atoms with Crippen molar-refractivity contribution in [2.45, 2.75) is 32.1 Å². The Hall–Kier alpha value is -3.00. The summed E-state index contributed by atoms with van der Waals surface area (Å²) in [5, 5.41) is 17.9. The summed E-state index contributed by atoms with van der Waals surface area (Å²) in [7, 11) is 0. The predicted octanol–water partition coefficient (Wildman–Crippen LogP) is 3.73. The first-order valence-electron chi connectivity index (χ1n) is 8.36. The molecule has 140 valence electrons. The normalized spacial score (nSPS) is 11.3. The molecular formula is C19H19N3O4S. The van der Waals surface area contributed by atoms with Gasteiger partial charge in [-0.25, -0.2) is 0 Å². The number of carbonyl (C=O) groups excluding carboxylic acids is 1. The van der Waals surface area contributed by atoms with Crippen molar-refractivity contribution in [1.82, 2.24) is 10.1 Å². The number of hydrogen-bond donors (Lipinski definition) is 2. The minimum Gasteiger partial charge on any atom is -0.481 e. The van der Waals surface area contributed by atoms with Crippen LogP contribution in [0.2, 0.25) is 0 Å². The topological polar surface area (TPSA) is 105 Å². The molecule has 2 heterocycles. The number of aryl methyl sites for hydroxylation is 1. The van der Waals surface area contributed by atoms with Gasteiger partial charge < -0.3 is 14.9 Å². The summed E-state index contributed by atoms with van der Waals surface area (Å²) < 4.78 is 5.17. The zero-order valence-electron chi connectivity index (χ0n) is 14.9. The summed E-state index contributed by atoms with van der Waals surface area (Å²) in [6.07, 6.45) is 0.544. The highest BCUT2D eigenvalue weighted by Gasteiger charge is 2.29. The molecule has 3 rings (SSSR count). The van der Waals surface area contributed by atoms with Crippen LogP contribution in [0.15, 0.2) is 46.3 Å². The van der Waals surface area contributed by atoms with E-state index in [1.165, 1.54) is 11.3 Å². The van der Waals surface area contributed by atoms with E-state index in [9.17, 15) is 14.7 Å². The molecule has 3 aromatic rings. The van der Waals surface area contributed by atoms with Crippen LogP contribution >= 0.6 is 11.3 Å². The summed E-state index contributed by atoms with van der Waals surface area (Å²) in [5.74, 6) is -0.152. The number of thiophene rings is 1. The lowest BCUT2D eigenvalue weighted by Crippen LogP contribution is -2.28. The van der Waals surface area contributed by atoms with Gasteiger partial charge in [-0.1, -0.05) is 23.4 Å². The van der Waals surface area contributed by atoms with Crippen LogP contribution in [0, 0.1) is 0 Å². The van der Waals surface area contributed by atoms with Gasteiger partial charge in [-0.15, -0.1) is 11.3 Å². The van der Waals surface area contributed by atoms with Crippen LogP contribution in [-0.4, -0.2) is 27.1 Å². The summed E-state index contributed by atoms with van der Waals surface area (Å²) in [4.78, 5) is 28.6. The Kier molecular flexibility index (Phi) is 5.36. The summed E-state index contributed by atoms with van der Waals surface area (Å²) >= 11 is 1.52. The number of anilines is 1. The molecule has 0 fully saturated rings. The van der Waals surface area contributed by atoms with Crippen LogP contribution in [0.4, 0.5) is 5.69 Å². The number of hydrogen-bond acceptors (Lipinski definition) is 6. The number of amides is 1. The third kappa shape index (κ3) is 4.40. The van der Waals surface area contributed by atoms with Gasteiger partial charge in [0, 0.05) is 18.5 Å². The van der Waals surface area contributed by atoms with Crippen molar-refractivity contribution in [2.24, 2.45) is 0 Å². The molecule has 0 saturated heterocycles. The van der Waals surface area contributed by atoms with Gasteiger partial charge in [-0.2, -0.15) is 4.98 Å². The van der Waals surface area contributed by atoms with Gasteiger partial charge in [0.2, 0.25) is 17.6 Å². The van der Waals surface area contributed by atoms with E-state index in [2.05, 4.69) is 15.5 Å². The number of nitrogens with one attached hydrogen (secondary N) is 1. The zero-order chi connectivity index (χ0) is 19.4. The van der Waals surface area contributed by atoms with Gasteiger partial charge in [-0.3, -0.25) is 9.59 Å². The molecule has 0 aliphatic rings. The molecule has 0 atom stereocenters. The highest BCUT2D eigenvalue weighted by Crippen LogP contribution is 2.25. The Labute approximate surface area is 160 Å². The third-order valence-electron chi connectivity index (χ3n) is 4.20. The van der Waals surface area contributed by atoms with E-state index in [0.29, 0.717) is 29.4 Å². The summed E-state index contributed by atoms with van der Waals surface area (Å²) in [5.41, 5.74) is 0.288. The van der Waals surface area contributed by atoms with Crippen LogP contribution in [0.3, 0.4) is 0 Å². The van der Waals surface area contributed by atoms with E-state index in [4.69, 9.17) is 4.52 Å². The van der Waals surface area contributed by atoms with E-state index in [-0.39, 0.29) is 12.3 Å². The number of carboxylic acids is 1. The summed E-state index contributed by atoms with van der Waals surface area (Å²) in [6, 6.07) is 10.6. The fraction of sp³-hybridized carbons (Fsp3) is 0.263. The standard InChI is InChI=1S/C19H19N3O4S/c1-19(2,18(24)25)12-5-7-13(8-6-12)20-15(23)9-10-16-21-17(22-26-16)14-4-3-11-27-14/h3-8,11H,9-10H2,1-2H3,(H,20,23)(H,24,25). The quantitative estimate of drug-likeness (QED) is 0.642. The number of carboxylic acid groups (broad SMARTS) is 1. The fourth-order valence-corrected chi connectivity index (χ4v) is 3.05. The molecule has 2 aromatic heterocycles. The van der Waals surface area contributed by atoms with E-state index in [0.717, 1.165) is 4.88 Å². The number of rotatable bonds is 7. The molecule has 0 aliphatic carbocycles. The molecular weight excluding hydrogens is 366 g/mol. The van der Waals surface area contributed by atoms with Crippen molar-refractivity contribution in [3.8, 4) is 10.7 Å². The first-order valence-corrected chi connectivity index (χ1v) is 9.24. The number of aliphatic carboxylic acids is 1.